The number of carbonyl (C=O) groups excluding carboxylic acids is 2. The van der Waals surface area contributed by atoms with E-state index in [0.717, 1.165) is 16.8 Å². The van der Waals surface area contributed by atoms with E-state index in [9.17, 15) is 9.59 Å². The minimum Gasteiger partial charge on any atom is -0.461 e. The van der Waals surface area contributed by atoms with Gasteiger partial charge in [0.1, 0.15) is 6.61 Å². The Morgan fingerprint density at radius 3 is 2.54 bits per heavy atom. The van der Waals surface area contributed by atoms with E-state index in [1.165, 1.54) is 0 Å². The molecule has 0 radical (unpaired) electrons. The molecule has 0 fully saturated rings. The van der Waals surface area contributed by atoms with Crippen molar-refractivity contribution in [3.63, 3.8) is 0 Å². The fraction of sp³-hybridized carbons (Fsp3) is 0.263. The van der Waals surface area contributed by atoms with Gasteiger partial charge < -0.3 is 15.4 Å². The number of ether oxygens (including phenoxy) is 1. The molecule has 0 aliphatic rings. The van der Waals surface area contributed by atoms with Gasteiger partial charge in [0, 0.05) is 19.3 Å². The predicted octanol–water partition coefficient (Wildman–Crippen LogP) is 2.90. The molecule has 5 nitrogen and oxygen atoms in total. The summed E-state index contributed by atoms with van der Waals surface area (Å²) in [6.45, 7) is 2.45. The monoisotopic (exact) mass is 326 g/mol. The van der Waals surface area contributed by atoms with Gasteiger partial charge in [0.2, 0.25) is 0 Å². The molecular weight excluding hydrogens is 304 g/mol. The van der Waals surface area contributed by atoms with Crippen LogP contribution in [0.1, 0.15) is 27.9 Å². The fourth-order valence-corrected chi connectivity index (χ4v) is 2.25. The molecule has 0 unspecified atom stereocenters. The summed E-state index contributed by atoms with van der Waals surface area (Å²) in [7, 11) is 1.77. The third-order valence-corrected chi connectivity index (χ3v) is 3.55. The third-order valence-electron chi connectivity index (χ3n) is 3.55. The van der Waals surface area contributed by atoms with Gasteiger partial charge in [-0.2, -0.15) is 0 Å². The highest BCUT2D eigenvalue weighted by atomic mass is 16.5. The van der Waals surface area contributed by atoms with Crippen LogP contribution in [-0.4, -0.2) is 25.5 Å². The second-order valence-electron chi connectivity index (χ2n) is 5.45. The Bertz CT molecular complexity index is 699. The van der Waals surface area contributed by atoms with E-state index in [2.05, 4.69) is 10.6 Å². The maximum Gasteiger partial charge on any atom is 0.307 e. The molecule has 0 atom stereocenters. The number of hydrogen-bond donors (Lipinski definition) is 2. The van der Waals surface area contributed by atoms with Crippen LogP contribution in [0.5, 0.6) is 0 Å². The molecule has 0 spiro atoms. The van der Waals surface area contributed by atoms with Gasteiger partial charge in [0.15, 0.2) is 0 Å². The van der Waals surface area contributed by atoms with Crippen LogP contribution in [0.4, 0.5) is 5.69 Å². The SMILES string of the molecule is CNc1cc(C)ccc1C(=O)NCCC(=O)OCc1ccccc1. The smallest absolute Gasteiger partial charge is 0.307 e. The fourth-order valence-electron chi connectivity index (χ4n) is 2.25. The maximum atomic E-state index is 12.2. The first kappa shape index (κ1) is 17.5. The van der Waals surface area contributed by atoms with Crippen molar-refractivity contribution in [1.82, 2.24) is 5.32 Å². The molecule has 0 heterocycles. The van der Waals surface area contributed by atoms with Gasteiger partial charge in [-0.15, -0.1) is 0 Å². The summed E-state index contributed by atoms with van der Waals surface area (Å²) >= 11 is 0. The van der Waals surface area contributed by atoms with Gasteiger partial charge in [0.25, 0.3) is 5.91 Å². The molecule has 0 aromatic heterocycles. The highest BCUT2D eigenvalue weighted by Gasteiger charge is 2.11. The molecule has 24 heavy (non-hydrogen) atoms. The molecule has 5 heteroatoms. The Morgan fingerprint density at radius 2 is 1.83 bits per heavy atom. The Balaban J connectivity index is 1.77. The van der Waals surface area contributed by atoms with E-state index in [-0.39, 0.29) is 31.4 Å². The van der Waals surface area contributed by atoms with Gasteiger partial charge in [-0.05, 0) is 30.2 Å². The average Bonchev–Trinajstić information content (AvgIpc) is 2.60. The standard InChI is InChI=1S/C19H22N2O3/c1-14-8-9-16(17(12-14)20-2)19(23)21-11-10-18(22)24-13-15-6-4-3-5-7-15/h3-9,12,20H,10-11,13H2,1-2H3,(H,21,23). The summed E-state index contributed by atoms with van der Waals surface area (Å²) < 4.78 is 5.17. The Kier molecular flexibility index (Phi) is 6.37. The molecule has 0 saturated carbocycles. The van der Waals surface area contributed by atoms with Crippen LogP contribution in [-0.2, 0) is 16.1 Å². The molecule has 2 N–H and O–H groups in total. The molecule has 0 aliphatic carbocycles. The van der Waals surface area contributed by atoms with E-state index in [1.807, 2.05) is 49.4 Å². The number of amides is 1. The van der Waals surface area contributed by atoms with Crippen molar-refractivity contribution in [1.29, 1.82) is 0 Å². The van der Waals surface area contributed by atoms with Gasteiger partial charge >= 0.3 is 5.97 Å². The first-order chi connectivity index (χ1) is 11.6. The number of rotatable bonds is 7. The quantitative estimate of drug-likeness (QED) is 0.768. The van der Waals surface area contributed by atoms with Gasteiger partial charge in [0.05, 0.1) is 12.0 Å². The molecule has 0 aliphatic heterocycles. The highest BCUT2D eigenvalue weighted by Crippen LogP contribution is 2.16. The van der Waals surface area contributed by atoms with Crippen LogP contribution in [0.15, 0.2) is 48.5 Å². The third kappa shape index (κ3) is 5.12. The van der Waals surface area contributed by atoms with Crippen LogP contribution in [0.2, 0.25) is 0 Å². The number of hydrogen-bond acceptors (Lipinski definition) is 4. The normalized spacial score (nSPS) is 10.1. The summed E-state index contributed by atoms with van der Waals surface area (Å²) in [6.07, 6.45) is 0.138. The summed E-state index contributed by atoms with van der Waals surface area (Å²) in [5.74, 6) is -0.549. The Hall–Kier alpha value is -2.82. The van der Waals surface area contributed by atoms with Crippen LogP contribution >= 0.6 is 0 Å². The van der Waals surface area contributed by atoms with Crippen LogP contribution < -0.4 is 10.6 Å². The van der Waals surface area contributed by atoms with Crippen LogP contribution in [0.3, 0.4) is 0 Å². The van der Waals surface area contributed by atoms with Crippen molar-refractivity contribution >= 4 is 17.6 Å². The van der Waals surface area contributed by atoms with Gasteiger partial charge in [-0.3, -0.25) is 9.59 Å². The van der Waals surface area contributed by atoms with E-state index < -0.39 is 0 Å². The van der Waals surface area contributed by atoms with Crippen LogP contribution in [0.25, 0.3) is 0 Å². The molecule has 126 valence electrons. The zero-order valence-electron chi connectivity index (χ0n) is 14.0. The lowest BCUT2D eigenvalue weighted by molar-refractivity contribution is -0.144. The highest BCUT2D eigenvalue weighted by molar-refractivity contribution is 5.99. The first-order valence-electron chi connectivity index (χ1n) is 7.86. The lowest BCUT2D eigenvalue weighted by Gasteiger charge is -2.10. The van der Waals surface area contributed by atoms with Crippen molar-refractivity contribution in [2.75, 3.05) is 18.9 Å². The molecule has 0 bridgehead atoms. The molecule has 2 aromatic carbocycles. The minimum absolute atomic E-state index is 0.138. The molecule has 2 aromatic rings. The number of anilines is 1. The van der Waals surface area contributed by atoms with Crippen molar-refractivity contribution in [3.05, 3.63) is 65.2 Å². The van der Waals surface area contributed by atoms with E-state index in [0.29, 0.717) is 5.56 Å². The first-order valence-corrected chi connectivity index (χ1v) is 7.86. The number of nitrogens with one attached hydrogen (secondary N) is 2. The van der Waals surface area contributed by atoms with E-state index >= 15 is 0 Å². The second-order valence-corrected chi connectivity index (χ2v) is 5.45. The number of carbonyl (C=O) groups is 2. The number of aryl methyl sites for hydroxylation is 1. The van der Waals surface area contributed by atoms with Crippen molar-refractivity contribution < 1.29 is 14.3 Å². The maximum absolute atomic E-state index is 12.2. The average molecular weight is 326 g/mol. The van der Waals surface area contributed by atoms with Crippen LogP contribution in [0, 0.1) is 6.92 Å². The largest absolute Gasteiger partial charge is 0.461 e. The minimum atomic E-state index is -0.336. The number of benzene rings is 2. The van der Waals surface area contributed by atoms with E-state index in [1.54, 1.807) is 13.1 Å². The summed E-state index contributed by atoms with van der Waals surface area (Å²) in [5.41, 5.74) is 3.33. The van der Waals surface area contributed by atoms with E-state index in [4.69, 9.17) is 4.74 Å². The molecular formula is C19H22N2O3. The molecule has 1 amide bonds. The lowest BCUT2D eigenvalue weighted by atomic mass is 10.1. The predicted molar refractivity (Wildman–Crippen MR) is 93.9 cm³/mol. The van der Waals surface area contributed by atoms with Crippen molar-refractivity contribution in [3.8, 4) is 0 Å². The van der Waals surface area contributed by atoms with Gasteiger partial charge in [-0.25, -0.2) is 0 Å². The second kappa shape index (κ2) is 8.72. The molecule has 2 rings (SSSR count). The zero-order valence-corrected chi connectivity index (χ0v) is 14.0. The zero-order chi connectivity index (χ0) is 17.4. The Morgan fingerprint density at radius 1 is 1.08 bits per heavy atom. The topological polar surface area (TPSA) is 67.4 Å². The van der Waals surface area contributed by atoms with Crippen molar-refractivity contribution in [2.24, 2.45) is 0 Å². The summed E-state index contributed by atoms with van der Waals surface area (Å²) in [4.78, 5) is 23.9. The van der Waals surface area contributed by atoms with Crippen molar-refractivity contribution in [2.45, 2.75) is 20.0 Å². The lowest BCUT2D eigenvalue weighted by Crippen LogP contribution is -2.27. The van der Waals surface area contributed by atoms with Gasteiger partial charge in [-0.1, -0.05) is 36.4 Å². The summed E-state index contributed by atoms with van der Waals surface area (Å²) in [6, 6.07) is 15.0. The molecule has 0 saturated heterocycles. The Labute approximate surface area is 142 Å². The summed E-state index contributed by atoms with van der Waals surface area (Å²) in [5, 5.41) is 5.74. The number of esters is 1.